The molecule has 0 N–H and O–H groups in total. The van der Waals surface area contributed by atoms with Crippen molar-refractivity contribution in [3.63, 3.8) is 0 Å². The lowest BCUT2D eigenvalue weighted by molar-refractivity contribution is 0.306. The quantitative estimate of drug-likeness (QED) is 0.482. The first-order chi connectivity index (χ1) is 2.64. The van der Waals surface area contributed by atoms with E-state index in [1.807, 2.05) is 0 Å². The average molecular weight is 135 g/mol. The molecule has 0 bridgehead atoms. The van der Waals surface area contributed by atoms with Gasteiger partial charge in [0.25, 0.3) is 0 Å². The van der Waals surface area contributed by atoms with E-state index in [1.54, 1.807) is 0 Å². The summed E-state index contributed by atoms with van der Waals surface area (Å²) >= 11 is 8.88. The summed E-state index contributed by atoms with van der Waals surface area (Å²) in [6.45, 7) is 0. The highest BCUT2D eigenvalue weighted by molar-refractivity contribution is 6.28. The van der Waals surface area contributed by atoms with Crippen molar-refractivity contribution < 1.29 is 8.78 Å². The predicted octanol–water partition coefficient (Wildman–Crippen LogP) is 2.06. The van der Waals surface area contributed by atoms with Crippen LogP contribution in [0.2, 0.25) is 0 Å². The molecule has 0 aliphatic rings. The lowest BCUT2D eigenvalue weighted by Gasteiger charge is -1.92. The number of halogens is 4. The molecule has 0 aromatic heterocycles. The molecule has 0 saturated heterocycles. The predicted molar refractivity (Wildman–Crippen MR) is 21.5 cm³/mol. The molecule has 0 aromatic carbocycles. The third kappa shape index (κ3) is 2.67. The molecule has 0 fully saturated rings. The van der Waals surface area contributed by atoms with Crippen LogP contribution in [0.4, 0.5) is 8.78 Å². The van der Waals surface area contributed by atoms with E-state index >= 15 is 0 Å². The monoisotopic (exact) mass is 134 g/mol. The topological polar surface area (TPSA) is 0 Å². The van der Waals surface area contributed by atoms with Crippen LogP contribution in [-0.2, 0) is 0 Å². The summed E-state index contributed by atoms with van der Waals surface area (Å²) in [5.41, 5.74) is -4.15. The standard InChI is InChI=1S/C2H2Cl2F2/c3-1(5)2(4)6/h1-2H/t1-,2-/m0/s1. The van der Waals surface area contributed by atoms with Crippen LogP contribution in [-0.4, -0.2) is 11.3 Å². The van der Waals surface area contributed by atoms with E-state index in [0.717, 1.165) is 0 Å². The van der Waals surface area contributed by atoms with E-state index in [4.69, 9.17) is 0 Å². The normalized spacial score (nSPS) is 20.0. The van der Waals surface area contributed by atoms with E-state index in [1.165, 1.54) is 0 Å². The van der Waals surface area contributed by atoms with Crippen LogP contribution in [0.15, 0.2) is 0 Å². The van der Waals surface area contributed by atoms with Crippen molar-refractivity contribution in [2.45, 2.75) is 11.3 Å². The van der Waals surface area contributed by atoms with Gasteiger partial charge in [0, 0.05) is 0 Å². The Balaban J connectivity index is 2.99. The smallest absolute Gasteiger partial charge is 0.218 e. The van der Waals surface area contributed by atoms with Crippen LogP contribution < -0.4 is 0 Å². The van der Waals surface area contributed by atoms with Crippen molar-refractivity contribution in [3.05, 3.63) is 0 Å². The minimum atomic E-state index is -2.08. The maximum atomic E-state index is 11.1. The van der Waals surface area contributed by atoms with Gasteiger partial charge in [0.2, 0.25) is 11.3 Å². The number of hydrogen-bond acceptors (Lipinski definition) is 0. The Morgan fingerprint density at radius 1 is 1.00 bits per heavy atom. The lowest BCUT2D eigenvalue weighted by atomic mass is 10.8. The van der Waals surface area contributed by atoms with Crippen molar-refractivity contribution in [3.8, 4) is 0 Å². The molecule has 0 spiro atoms. The first-order valence-corrected chi connectivity index (χ1v) is 2.08. The molecular formula is C2H2Cl2F2. The van der Waals surface area contributed by atoms with E-state index in [0.29, 0.717) is 0 Å². The zero-order chi connectivity index (χ0) is 5.15. The Morgan fingerprint density at radius 2 is 1.17 bits per heavy atom. The fourth-order valence-corrected chi connectivity index (χ4v) is 0. The third-order valence-electron chi connectivity index (χ3n) is 0.190. The molecule has 38 valence electrons. The van der Waals surface area contributed by atoms with Crippen molar-refractivity contribution in [1.29, 1.82) is 0 Å². The van der Waals surface area contributed by atoms with Crippen LogP contribution in [0, 0.1) is 0 Å². The molecule has 0 unspecified atom stereocenters. The van der Waals surface area contributed by atoms with Crippen LogP contribution in [0.5, 0.6) is 0 Å². The van der Waals surface area contributed by atoms with Gasteiger partial charge in [-0.1, -0.05) is 23.2 Å². The molecule has 0 radical (unpaired) electrons. The molecule has 0 aliphatic carbocycles. The SMILES string of the molecule is F[C@H](Cl)[C@H](F)Cl. The van der Waals surface area contributed by atoms with E-state index in [9.17, 15) is 8.78 Å². The lowest BCUT2D eigenvalue weighted by Crippen LogP contribution is -1.99. The molecule has 4 heteroatoms. The van der Waals surface area contributed by atoms with Crippen molar-refractivity contribution in [2.75, 3.05) is 0 Å². The highest BCUT2D eigenvalue weighted by Gasteiger charge is 2.11. The van der Waals surface area contributed by atoms with Crippen LogP contribution in [0.25, 0.3) is 0 Å². The summed E-state index contributed by atoms with van der Waals surface area (Å²) in [5, 5.41) is 0. The second-order valence-corrected chi connectivity index (χ2v) is 1.50. The fourth-order valence-electron chi connectivity index (χ4n) is 0. The van der Waals surface area contributed by atoms with Gasteiger partial charge in [0.15, 0.2) is 0 Å². The van der Waals surface area contributed by atoms with Gasteiger partial charge in [0.05, 0.1) is 0 Å². The zero-order valence-corrected chi connectivity index (χ0v) is 4.18. The summed E-state index contributed by atoms with van der Waals surface area (Å²) in [7, 11) is 0. The van der Waals surface area contributed by atoms with Crippen molar-refractivity contribution in [2.24, 2.45) is 0 Å². The fraction of sp³-hybridized carbons (Fsp3) is 1.00. The zero-order valence-electron chi connectivity index (χ0n) is 2.67. The van der Waals surface area contributed by atoms with Crippen LogP contribution in [0.1, 0.15) is 0 Å². The molecule has 6 heavy (non-hydrogen) atoms. The van der Waals surface area contributed by atoms with Gasteiger partial charge in [-0.05, 0) is 0 Å². The van der Waals surface area contributed by atoms with E-state index in [-0.39, 0.29) is 0 Å². The Labute approximate surface area is 44.0 Å². The van der Waals surface area contributed by atoms with E-state index in [2.05, 4.69) is 23.2 Å². The average Bonchev–Trinajstić information content (AvgIpc) is 1.36. The molecule has 0 aromatic rings. The highest BCUT2D eigenvalue weighted by Crippen LogP contribution is 2.10. The number of hydrogen-bond donors (Lipinski definition) is 0. The second-order valence-electron chi connectivity index (χ2n) is 0.669. The first-order valence-electron chi connectivity index (χ1n) is 1.21. The van der Waals surface area contributed by atoms with E-state index < -0.39 is 11.3 Å². The highest BCUT2D eigenvalue weighted by atomic mass is 35.5. The third-order valence-corrected chi connectivity index (χ3v) is 0.762. The van der Waals surface area contributed by atoms with Gasteiger partial charge in [-0.15, -0.1) is 0 Å². The van der Waals surface area contributed by atoms with Crippen LogP contribution in [0.3, 0.4) is 0 Å². The molecular weight excluding hydrogens is 133 g/mol. The Hall–Kier alpha value is 0.440. The minimum Gasteiger partial charge on any atom is -0.225 e. The largest absolute Gasteiger partial charge is 0.225 e. The van der Waals surface area contributed by atoms with Gasteiger partial charge < -0.3 is 0 Å². The Kier molecular flexibility index (Phi) is 2.78. The van der Waals surface area contributed by atoms with Gasteiger partial charge in [-0.3, -0.25) is 0 Å². The molecule has 0 aliphatic heterocycles. The van der Waals surface area contributed by atoms with Gasteiger partial charge in [0.1, 0.15) is 0 Å². The van der Waals surface area contributed by atoms with Crippen molar-refractivity contribution >= 4 is 23.2 Å². The summed E-state index contributed by atoms with van der Waals surface area (Å²) in [6.07, 6.45) is 0. The maximum absolute atomic E-state index is 11.1. The number of alkyl halides is 4. The summed E-state index contributed by atoms with van der Waals surface area (Å²) in [4.78, 5) is 0. The van der Waals surface area contributed by atoms with Gasteiger partial charge >= 0.3 is 0 Å². The molecule has 0 amide bonds. The van der Waals surface area contributed by atoms with Gasteiger partial charge in [-0.25, -0.2) is 8.78 Å². The first kappa shape index (κ1) is 6.44. The molecule has 2 atom stereocenters. The number of rotatable bonds is 1. The second kappa shape index (κ2) is 2.59. The van der Waals surface area contributed by atoms with Crippen LogP contribution >= 0.6 is 23.2 Å². The molecule has 0 nitrogen and oxygen atoms in total. The Bertz CT molecular complexity index is 30.5. The maximum Gasteiger partial charge on any atom is 0.218 e. The summed E-state index contributed by atoms with van der Waals surface area (Å²) < 4.78 is 22.2. The molecule has 0 saturated carbocycles. The van der Waals surface area contributed by atoms with Gasteiger partial charge in [-0.2, -0.15) is 0 Å². The van der Waals surface area contributed by atoms with Crippen molar-refractivity contribution in [1.82, 2.24) is 0 Å². The molecule has 0 heterocycles. The summed E-state index contributed by atoms with van der Waals surface area (Å²) in [6, 6.07) is 0. The minimum absolute atomic E-state index is 2.08. The summed E-state index contributed by atoms with van der Waals surface area (Å²) in [5.74, 6) is 0. The Morgan fingerprint density at radius 3 is 1.17 bits per heavy atom. The molecule has 0 rings (SSSR count).